The minimum Gasteiger partial charge on any atom is -0.394 e. The summed E-state index contributed by atoms with van der Waals surface area (Å²) in [5, 5.41) is 13.4. The van der Waals surface area contributed by atoms with Gasteiger partial charge in [0, 0.05) is 30.3 Å². The predicted octanol–water partition coefficient (Wildman–Crippen LogP) is 3.17. The molecule has 0 saturated carbocycles. The maximum absolute atomic E-state index is 13.3. The zero-order valence-electron chi connectivity index (χ0n) is 22.0. The van der Waals surface area contributed by atoms with Crippen LogP contribution in [0.4, 0.5) is 5.69 Å². The molecule has 4 aliphatic rings. The normalized spacial score (nSPS) is 23.4. The average molecular weight is 525 g/mol. The fourth-order valence-corrected chi connectivity index (χ4v) is 6.02. The van der Waals surface area contributed by atoms with E-state index >= 15 is 0 Å². The number of ketones is 1. The molecule has 0 spiro atoms. The Morgan fingerprint density at radius 1 is 1.05 bits per heavy atom. The summed E-state index contributed by atoms with van der Waals surface area (Å²) in [6.07, 6.45) is 6.48. The summed E-state index contributed by atoms with van der Waals surface area (Å²) in [7, 11) is 2.05. The van der Waals surface area contributed by atoms with Crippen LogP contribution in [0.1, 0.15) is 51.1 Å². The van der Waals surface area contributed by atoms with Crippen molar-refractivity contribution in [2.75, 3.05) is 32.1 Å². The summed E-state index contributed by atoms with van der Waals surface area (Å²) in [5.74, 6) is -0.504. The molecule has 200 valence electrons. The van der Waals surface area contributed by atoms with Gasteiger partial charge in [-0.25, -0.2) is 0 Å². The van der Waals surface area contributed by atoms with Gasteiger partial charge in [0.25, 0.3) is 11.8 Å². The van der Waals surface area contributed by atoms with Gasteiger partial charge in [-0.15, -0.1) is 0 Å². The van der Waals surface area contributed by atoms with Crippen molar-refractivity contribution in [1.82, 2.24) is 9.80 Å². The third kappa shape index (κ3) is 4.75. The minimum atomic E-state index is -0.387. The molecule has 1 saturated heterocycles. The molecule has 3 aliphatic heterocycles. The first-order valence-corrected chi connectivity index (χ1v) is 13.6. The van der Waals surface area contributed by atoms with Crippen LogP contribution in [0.2, 0.25) is 0 Å². The number of nitrogens with zero attached hydrogens (tertiary/aromatic N) is 3. The Morgan fingerprint density at radius 2 is 1.77 bits per heavy atom. The Kier molecular flexibility index (Phi) is 6.74. The molecule has 1 atom stereocenters. The number of amides is 2. The van der Waals surface area contributed by atoms with Crippen molar-refractivity contribution in [3.05, 3.63) is 88.1 Å². The van der Waals surface area contributed by atoms with Crippen LogP contribution in [0.5, 0.6) is 0 Å². The van der Waals surface area contributed by atoms with E-state index in [1.807, 2.05) is 42.5 Å². The van der Waals surface area contributed by atoms with Crippen molar-refractivity contribution in [1.29, 1.82) is 0 Å². The molecule has 8 nitrogen and oxygen atoms in total. The lowest BCUT2D eigenvalue weighted by molar-refractivity contribution is -0.114. The molecular formula is C31H32N4O4. The Bertz CT molecular complexity index is 1390. The summed E-state index contributed by atoms with van der Waals surface area (Å²) < 4.78 is 0. The van der Waals surface area contributed by atoms with Gasteiger partial charge in [-0.05, 0) is 68.7 Å². The number of aliphatic hydroxyl groups excluding tert-OH is 1. The molecule has 0 radical (unpaired) electrons. The van der Waals surface area contributed by atoms with Gasteiger partial charge in [-0.2, -0.15) is 0 Å². The number of piperidine rings is 1. The van der Waals surface area contributed by atoms with Gasteiger partial charge in [-0.3, -0.25) is 24.3 Å². The van der Waals surface area contributed by atoms with E-state index in [4.69, 9.17) is 4.99 Å². The van der Waals surface area contributed by atoms with E-state index in [1.165, 1.54) is 4.90 Å². The van der Waals surface area contributed by atoms with E-state index in [0.717, 1.165) is 42.7 Å². The maximum Gasteiger partial charge on any atom is 0.261 e. The Morgan fingerprint density at radius 3 is 2.49 bits per heavy atom. The molecule has 1 aliphatic carbocycles. The van der Waals surface area contributed by atoms with Crippen molar-refractivity contribution in [2.45, 2.75) is 44.2 Å². The largest absolute Gasteiger partial charge is 0.394 e. The van der Waals surface area contributed by atoms with E-state index in [2.05, 4.69) is 17.3 Å². The lowest BCUT2D eigenvalue weighted by Crippen LogP contribution is -2.46. The van der Waals surface area contributed by atoms with E-state index in [-0.39, 0.29) is 42.7 Å². The lowest BCUT2D eigenvalue weighted by Gasteiger charge is -2.33. The number of Topliss-reactive ketones (excluding diaryl/α,β-unsaturated/α-hetero) is 1. The first-order valence-electron chi connectivity index (χ1n) is 13.6. The highest BCUT2D eigenvalue weighted by molar-refractivity contribution is 6.29. The number of carbonyl (C=O) groups excluding carboxylic acids is 3. The highest BCUT2D eigenvalue weighted by Gasteiger charge is 2.42. The average Bonchev–Trinajstić information content (AvgIpc) is 3.46. The summed E-state index contributed by atoms with van der Waals surface area (Å²) in [5.41, 5.74) is 5.31. The topological polar surface area (TPSA) is 102 Å². The molecule has 2 aromatic rings. The molecule has 39 heavy (non-hydrogen) atoms. The Labute approximate surface area is 227 Å². The quantitative estimate of drug-likeness (QED) is 0.460. The molecule has 0 bridgehead atoms. The summed E-state index contributed by atoms with van der Waals surface area (Å²) in [4.78, 5) is 48.2. The molecule has 2 aromatic carbocycles. The van der Waals surface area contributed by atoms with Gasteiger partial charge in [-0.1, -0.05) is 36.4 Å². The summed E-state index contributed by atoms with van der Waals surface area (Å²) in [6.45, 7) is 1.59. The molecule has 0 aromatic heterocycles. The van der Waals surface area contributed by atoms with Crippen molar-refractivity contribution in [3.8, 4) is 0 Å². The Balaban J connectivity index is 1.28. The molecule has 2 N–H and O–H groups in total. The number of aliphatic imine (C=N–C) groups is 1. The number of hydrogen-bond donors (Lipinski definition) is 2. The molecule has 0 unspecified atom stereocenters. The molecule has 6 rings (SSSR count). The van der Waals surface area contributed by atoms with Gasteiger partial charge in [0.2, 0.25) is 0 Å². The summed E-state index contributed by atoms with van der Waals surface area (Å²) in [6, 6.07) is 13.0. The van der Waals surface area contributed by atoms with Crippen LogP contribution in [0.25, 0.3) is 0 Å². The number of carbonyl (C=O) groups is 3. The van der Waals surface area contributed by atoms with Crippen LogP contribution in [0.15, 0.2) is 70.9 Å². The second kappa shape index (κ2) is 10.4. The number of benzene rings is 2. The van der Waals surface area contributed by atoms with Crippen molar-refractivity contribution in [3.63, 3.8) is 0 Å². The van der Waals surface area contributed by atoms with Crippen molar-refractivity contribution >= 4 is 29.0 Å². The van der Waals surface area contributed by atoms with Crippen LogP contribution >= 0.6 is 0 Å². The lowest BCUT2D eigenvalue weighted by atomic mass is 9.93. The number of allylic oxidation sites excluding steroid dienone is 4. The highest BCUT2D eigenvalue weighted by Crippen LogP contribution is 2.38. The smallest absolute Gasteiger partial charge is 0.261 e. The van der Waals surface area contributed by atoms with E-state index in [1.54, 1.807) is 12.1 Å². The van der Waals surface area contributed by atoms with Gasteiger partial charge >= 0.3 is 0 Å². The standard InChI is InChI=1S/C31H32N4O4/c1-34-12-10-22(11-13-34)35-30(38)23-15-20-16-27(33-26(20)17-24(23)31(35)39)29-25(8-5-9-28(29)37)32-21(18-36)14-19-6-3-2-4-7-19/h2-8,15,17,21-22,33,36H,9-14,16,18H2,1H3/t21-/m1/s1. The van der Waals surface area contributed by atoms with E-state index in [0.29, 0.717) is 41.0 Å². The van der Waals surface area contributed by atoms with Crippen molar-refractivity contribution < 1.29 is 19.5 Å². The fourth-order valence-electron chi connectivity index (χ4n) is 6.02. The number of aliphatic hydroxyl groups is 1. The molecular weight excluding hydrogens is 492 g/mol. The maximum atomic E-state index is 13.3. The number of rotatable bonds is 5. The van der Waals surface area contributed by atoms with Crippen molar-refractivity contribution in [2.24, 2.45) is 4.99 Å². The van der Waals surface area contributed by atoms with Crippen LogP contribution in [0, 0.1) is 0 Å². The fraction of sp³-hybridized carbons (Fsp3) is 0.355. The van der Waals surface area contributed by atoms with Crippen LogP contribution in [0.3, 0.4) is 0 Å². The molecule has 1 fully saturated rings. The number of anilines is 1. The molecule has 8 heteroatoms. The molecule has 2 amide bonds. The van der Waals surface area contributed by atoms with Gasteiger partial charge < -0.3 is 15.3 Å². The highest BCUT2D eigenvalue weighted by atomic mass is 16.3. The van der Waals surface area contributed by atoms with Gasteiger partial charge in [0.1, 0.15) is 0 Å². The van der Waals surface area contributed by atoms with Crippen LogP contribution < -0.4 is 5.32 Å². The van der Waals surface area contributed by atoms with Crippen LogP contribution in [-0.2, 0) is 17.6 Å². The summed E-state index contributed by atoms with van der Waals surface area (Å²) >= 11 is 0. The number of fused-ring (bicyclic) bond motifs is 2. The number of likely N-dealkylation sites (tertiary alicyclic amines) is 1. The molecule has 3 heterocycles. The van der Waals surface area contributed by atoms with Crippen LogP contribution in [-0.4, -0.2) is 77.0 Å². The first kappa shape index (κ1) is 25.4. The second-order valence-electron chi connectivity index (χ2n) is 10.8. The predicted molar refractivity (Wildman–Crippen MR) is 149 cm³/mol. The SMILES string of the molecule is CN1CCC(N2C(=O)c3cc4c(cc3C2=O)NC(=C2C(=O)CC=CC2=N[C@@H](CO)Cc2ccccc2)C4)CC1. The Hall–Kier alpha value is -3.88. The number of nitrogens with one attached hydrogen (secondary N) is 1. The van der Waals surface area contributed by atoms with E-state index in [9.17, 15) is 19.5 Å². The first-order chi connectivity index (χ1) is 18.9. The third-order valence-electron chi connectivity index (χ3n) is 8.11. The number of imide groups is 1. The minimum absolute atomic E-state index is 0.0453. The van der Waals surface area contributed by atoms with Gasteiger partial charge in [0.05, 0.1) is 35.1 Å². The third-order valence-corrected chi connectivity index (χ3v) is 8.11. The van der Waals surface area contributed by atoms with E-state index < -0.39 is 0 Å². The van der Waals surface area contributed by atoms with Gasteiger partial charge in [0.15, 0.2) is 5.78 Å². The number of hydrogen-bond acceptors (Lipinski definition) is 7. The monoisotopic (exact) mass is 524 g/mol. The zero-order valence-corrected chi connectivity index (χ0v) is 22.0. The zero-order chi connectivity index (χ0) is 27.1. The second-order valence-corrected chi connectivity index (χ2v) is 10.8.